The van der Waals surface area contributed by atoms with Crippen molar-refractivity contribution in [3.8, 4) is 5.75 Å². The maximum absolute atomic E-state index is 12.6. The highest BCUT2D eigenvalue weighted by atomic mass is 79.9. The molecule has 3 rings (SSSR count). The Morgan fingerprint density at radius 1 is 1.00 bits per heavy atom. The minimum Gasteiger partial charge on any atom is -0.487 e. The summed E-state index contributed by atoms with van der Waals surface area (Å²) in [4.78, 5) is 12.6. The quantitative estimate of drug-likeness (QED) is 0.296. The molecule has 7 heteroatoms. The van der Waals surface area contributed by atoms with Crippen molar-refractivity contribution in [1.29, 1.82) is 0 Å². The zero-order valence-corrected chi connectivity index (χ0v) is 23.6. The van der Waals surface area contributed by atoms with E-state index in [1.807, 2.05) is 25.1 Å². The van der Waals surface area contributed by atoms with Crippen molar-refractivity contribution in [1.82, 2.24) is 0 Å². The highest BCUT2D eigenvalue weighted by Gasteiger charge is 2.50. The van der Waals surface area contributed by atoms with E-state index in [4.69, 9.17) is 19.6 Å². The molecule has 0 aliphatic heterocycles. The number of benzene rings is 3. The Labute approximate surface area is 217 Å². The van der Waals surface area contributed by atoms with Gasteiger partial charge in [-0.15, -0.1) is 0 Å². The molecular formula is C28H34BrNO4Si. The normalized spacial score (nSPS) is 12.8. The molecule has 0 amide bonds. The van der Waals surface area contributed by atoms with Gasteiger partial charge in [-0.25, -0.2) is 4.79 Å². The molecule has 1 atom stereocenters. The third kappa shape index (κ3) is 5.86. The monoisotopic (exact) mass is 555 g/mol. The van der Waals surface area contributed by atoms with E-state index < -0.39 is 14.3 Å². The van der Waals surface area contributed by atoms with E-state index in [2.05, 4.69) is 85.2 Å². The van der Waals surface area contributed by atoms with Crippen LogP contribution in [0.25, 0.3) is 0 Å². The summed E-state index contributed by atoms with van der Waals surface area (Å²) in [7, 11) is -1.37. The first-order valence-corrected chi connectivity index (χ1v) is 14.4. The van der Waals surface area contributed by atoms with Gasteiger partial charge in [0.05, 0.1) is 18.2 Å². The second-order valence-electron chi connectivity index (χ2n) is 9.56. The lowest BCUT2D eigenvalue weighted by molar-refractivity contribution is 0.0593. The second kappa shape index (κ2) is 11.5. The molecule has 0 bridgehead atoms. The molecule has 0 saturated carbocycles. The Morgan fingerprint density at radius 3 is 2.00 bits per heavy atom. The molecule has 0 aliphatic carbocycles. The van der Waals surface area contributed by atoms with Crippen molar-refractivity contribution in [2.24, 2.45) is 5.73 Å². The van der Waals surface area contributed by atoms with Gasteiger partial charge in [0.15, 0.2) is 0 Å². The molecule has 0 unspecified atom stereocenters. The van der Waals surface area contributed by atoms with Crippen LogP contribution in [0.2, 0.25) is 5.04 Å². The summed E-state index contributed by atoms with van der Waals surface area (Å²) in [5.74, 6) is -0.0544. The summed E-state index contributed by atoms with van der Waals surface area (Å²) in [6.45, 7) is 9.21. The number of nitrogens with two attached hydrogens (primary N) is 1. The maximum Gasteiger partial charge on any atom is 0.341 e. The molecule has 186 valence electrons. The molecule has 0 aromatic heterocycles. The number of carbonyl (C=O) groups excluding carboxylic acids is 1. The first-order valence-electron chi connectivity index (χ1n) is 11.7. The van der Waals surface area contributed by atoms with Gasteiger partial charge in [-0.1, -0.05) is 81.4 Å². The Morgan fingerprint density at radius 2 is 1.54 bits per heavy atom. The Bertz CT molecular complexity index is 1090. The highest BCUT2D eigenvalue weighted by molar-refractivity contribution is 9.10. The zero-order chi connectivity index (χ0) is 25.6. The molecule has 0 saturated heterocycles. The van der Waals surface area contributed by atoms with Crippen molar-refractivity contribution in [3.05, 3.63) is 88.4 Å². The third-order valence-electron chi connectivity index (χ3n) is 6.03. The second-order valence-corrected chi connectivity index (χ2v) is 14.7. The van der Waals surface area contributed by atoms with E-state index in [9.17, 15) is 4.79 Å². The first kappa shape index (κ1) is 27.1. The van der Waals surface area contributed by atoms with Crippen LogP contribution in [-0.2, 0) is 15.8 Å². The topological polar surface area (TPSA) is 70.8 Å². The van der Waals surface area contributed by atoms with Crippen molar-refractivity contribution in [3.63, 3.8) is 0 Å². The van der Waals surface area contributed by atoms with Crippen LogP contribution in [0.15, 0.2) is 77.3 Å². The Kier molecular flexibility index (Phi) is 8.93. The molecule has 3 aromatic rings. The number of carbonyl (C=O) groups is 1. The fraction of sp³-hybridized carbons (Fsp3) is 0.321. The predicted octanol–water partition coefficient (Wildman–Crippen LogP) is 5.04. The lowest BCUT2D eigenvalue weighted by Crippen LogP contribution is -2.66. The van der Waals surface area contributed by atoms with Crippen LogP contribution < -0.4 is 20.8 Å². The van der Waals surface area contributed by atoms with E-state index in [0.717, 1.165) is 5.56 Å². The number of esters is 1. The van der Waals surface area contributed by atoms with Gasteiger partial charge in [-0.3, -0.25) is 0 Å². The van der Waals surface area contributed by atoms with Gasteiger partial charge in [-0.2, -0.15) is 0 Å². The van der Waals surface area contributed by atoms with Crippen LogP contribution in [0.4, 0.5) is 0 Å². The Balaban J connectivity index is 2.09. The number of hydrogen-bond acceptors (Lipinski definition) is 5. The molecule has 0 heterocycles. The van der Waals surface area contributed by atoms with Crippen LogP contribution >= 0.6 is 15.9 Å². The lowest BCUT2D eigenvalue weighted by atomic mass is 10.1. The van der Waals surface area contributed by atoms with E-state index in [0.29, 0.717) is 28.9 Å². The number of ether oxygens (including phenoxy) is 2. The van der Waals surface area contributed by atoms with Crippen LogP contribution in [0, 0.1) is 0 Å². The van der Waals surface area contributed by atoms with E-state index in [1.165, 1.54) is 17.5 Å². The number of rotatable bonds is 9. The largest absolute Gasteiger partial charge is 0.487 e. The fourth-order valence-electron chi connectivity index (χ4n) is 4.32. The molecule has 0 fully saturated rings. The minimum absolute atomic E-state index is 0.155. The summed E-state index contributed by atoms with van der Waals surface area (Å²) in [5.41, 5.74) is 6.92. The summed E-state index contributed by atoms with van der Waals surface area (Å²) >= 11 is 3.59. The minimum atomic E-state index is -2.73. The van der Waals surface area contributed by atoms with Gasteiger partial charge < -0.3 is 19.6 Å². The lowest BCUT2D eigenvalue weighted by Gasteiger charge is -2.43. The molecule has 2 N–H and O–H groups in total. The average molecular weight is 557 g/mol. The van der Waals surface area contributed by atoms with Crippen molar-refractivity contribution in [2.75, 3.05) is 13.7 Å². The van der Waals surface area contributed by atoms with Crippen LogP contribution in [0.3, 0.4) is 0 Å². The van der Waals surface area contributed by atoms with Crippen molar-refractivity contribution >= 4 is 40.6 Å². The van der Waals surface area contributed by atoms with E-state index in [-0.39, 0.29) is 11.1 Å². The SMILES string of the molecule is COC(=O)c1cc(CO[Si](c2ccccc2)(c2ccccc2)C(C)(C)C)cc(Br)c1O[C@H](C)CN. The van der Waals surface area contributed by atoms with Gasteiger partial charge in [0.25, 0.3) is 8.32 Å². The maximum atomic E-state index is 12.6. The molecule has 5 nitrogen and oxygen atoms in total. The molecule has 0 spiro atoms. The number of halogens is 1. The Hall–Kier alpha value is -2.45. The smallest absolute Gasteiger partial charge is 0.341 e. The van der Waals surface area contributed by atoms with Crippen LogP contribution in [-0.4, -0.2) is 34.0 Å². The van der Waals surface area contributed by atoms with Gasteiger partial charge in [0.1, 0.15) is 17.4 Å². The fourth-order valence-corrected chi connectivity index (χ4v) is 9.46. The molecule has 0 radical (unpaired) electrons. The number of methoxy groups -OCH3 is 1. The summed E-state index contributed by atoms with van der Waals surface area (Å²) < 4.78 is 18.7. The molecule has 35 heavy (non-hydrogen) atoms. The van der Waals surface area contributed by atoms with Crippen LogP contribution in [0.5, 0.6) is 5.75 Å². The molecule has 0 aliphatic rings. The first-order chi connectivity index (χ1) is 16.6. The third-order valence-corrected chi connectivity index (χ3v) is 11.6. The summed E-state index contributed by atoms with van der Waals surface area (Å²) in [5, 5.41) is 2.24. The van der Waals surface area contributed by atoms with Crippen LogP contribution in [0.1, 0.15) is 43.6 Å². The highest BCUT2D eigenvalue weighted by Crippen LogP contribution is 2.38. The molecular weight excluding hydrogens is 522 g/mol. The van der Waals surface area contributed by atoms with Gasteiger partial charge in [0, 0.05) is 6.54 Å². The standard InChI is InChI=1S/C28H34BrNO4Si/c1-20(18-30)34-26-24(27(31)32-5)16-21(17-25(26)29)19-33-35(28(2,3)4,22-12-8-6-9-13-22)23-14-10-7-11-15-23/h6-17,20H,18-19,30H2,1-5H3/t20-/m1/s1. The summed E-state index contributed by atoms with van der Waals surface area (Å²) in [6, 6.07) is 24.6. The summed E-state index contributed by atoms with van der Waals surface area (Å²) in [6.07, 6.45) is -0.256. The van der Waals surface area contributed by atoms with Gasteiger partial charge >= 0.3 is 5.97 Å². The average Bonchev–Trinajstić information content (AvgIpc) is 2.85. The zero-order valence-electron chi connectivity index (χ0n) is 21.0. The molecule has 3 aromatic carbocycles. The van der Waals surface area contributed by atoms with E-state index in [1.54, 1.807) is 6.07 Å². The van der Waals surface area contributed by atoms with Gasteiger partial charge in [0.2, 0.25) is 0 Å². The van der Waals surface area contributed by atoms with Gasteiger partial charge in [-0.05, 0) is 56.0 Å². The predicted molar refractivity (Wildman–Crippen MR) is 147 cm³/mol. The van der Waals surface area contributed by atoms with Crippen molar-refractivity contribution < 1.29 is 18.7 Å². The van der Waals surface area contributed by atoms with E-state index >= 15 is 0 Å². The van der Waals surface area contributed by atoms with Crippen molar-refractivity contribution in [2.45, 2.75) is 45.4 Å². The number of hydrogen-bond donors (Lipinski definition) is 1.